The van der Waals surface area contributed by atoms with E-state index < -0.39 is 0 Å². The van der Waals surface area contributed by atoms with Crippen LogP contribution in [0.2, 0.25) is 5.02 Å². The molecule has 1 amide bonds. The summed E-state index contributed by atoms with van der Waals surface area (Å²) in [6, 6.07) is 11.2. The van der Waals surface area contributed by atoms with E-state index in [1.165, 1.54) is 4.88 Å². The van der Waals surface area contributed by atoms with Crippen LogP contribution in [0.25, 0.3) is 10.6 Å². The number of para-hydroxylation sites is 1. The topological polar surface area (TPSA) is 54.9 Å². The minimum Gasteiger partial charge on any atom is -0.325 e. The molecule has 0 saturated heterocycles. The van der Waals surface area contributed by atoms with Crippen LogP contribution in [0.15, 0.2) is 48.8 Å². The number of carbonyl (C=O) groups excluding carboxylic acids is 1. The number of thiazole rings is 1. The summed E-state index contributed by atoms with van der Waals surface area (Å²) in [5, 5.41) is 4.49. The maximum atomic E-state index is 12.6. The molecule has 0 bridgehead atoms. The number of benzene rings is 1. The fourth-order valence-electron chi connectivity index (χ4n) is 3.01. The second-order valence-corrected chi connectivity index (χ2v) is 7.53. The maximum Gasteiger partial charge on any atom is 0.227 e. The first-order chi connectivity index (χ1) is 12.2. The molecule has 1 aliphatic rings. The molecular weight excluding hydrogens is 354 g/mol. The summed E-state index contributed by atoms with van der Waals surface area (Å²) in [5.74, 6) is -0.0268. The second kappa shape index (κ2) is 6.94. The highest BCUT2D eigenvalue weighted by Crippen LogP contribution is 2.35. The number of hydrogen-bond acceptors (Lipinski definition) is 4. The number of nitrogens with one attached hydrogen (secondary N) is 1. The lowest BCUT2D eigenvalue weighted by Gasteiger charge is -2.20. The van der Waals surface area contributed by atoms with E-state index >= 15 is 0 Å². The van der Waals surface area contributed by atoms with Crippen molar-refractivity contribution in [2.45, 2.75) is 19.3 Å². The zero-order valence-corrected chi connectivity index (χ0v) is 15.0. The molecule has 6 heteroatoms. The molecule has 2 aromatic heterocycles. The Morgan fingerprint density at radius 1 is 1.24 bits per heavy atom. The number of aromatic nitrogens is 2. The number of aryl methyl sites for hydroxylation is 1. The Morgan fingerprint density at radius 3 is 2.92 bits per heavy atom. The van der Waals surface area contributed by atoms with Gasteiger partial charge in [0.15, 0.2) is 0 Å². The number of pyridine rings is 1. The van der Waals surface area contributed by atoms with Crippen LogP contribution in [0, 0.1) is 5.92 Å². The van der Waals surface area contributed by atoms with Gasteiger partial charge in [0, 0.05) is 28.8 Å². The van der Waals surface area contributed by atoms with E-state index in [-0.39, 0.29) is 11.8 Å². The van der Waals surface area contributed by atoms with Crippen LogP contribution in [-0.2, 0) is 17.6 Å². The minimum atomic E-state index is -0.0500. The Morgan fingerprint density at radius 2 is 2.12 bits per heavy atom. The molecule has 0 aliphatic heterocycles. The van der Waals surface area contributed by atoms with Crippen LogP contribution >= 0.6 is 22.9 Å². The quantitative estimate of drug-likeness (QED) is 0.733. The highest BCUT2D eigenvalue weighted by Gasteiger charge is 2.28. The number of nitrogens with zero attached hydrogens (tertiary/aromatic N) is 2. The van der Waals surface area contributed by atoms with E-state index in [0.29, 0.717) is 10.7 Å². The van der Waals surface area contributed by atoms with Crippen LogP contribution in [0.4, 0.5) is 5.69 Å². The molecule has 2 heterocycles. The number of anilines is 1. The second-order valence-electron chi connectivity index (χ2n) is 6.04. The lowest BCUT2D eigenvalue weighted by Crippen LogP contribution is -2.27. The smallest absolute Gasteiger partial charge is 0.227 e. The standard InChI is InChI=1S/C19H16ClN3OS/c20-14-5-1-2-6-15(14)22-18(24)12-7-8-16-17(10-12)25-19(23-16)13-4-3-9-21-11-13/h1-6,9,11-12H,7-8,10H2,(H,22,24). The maximum absolute atomic E-state index is 12.6. The summed E-state index contributed by atoms with van der Waals surface area (Å²) < 4.78 is 0. The van der Waals surface area contributed by atoms with Crippen molar-refractivity contribution in [1.29, 1.82) is 0 Å². The van der Waals surface area contributed by atoms with Gasteiger partial charge in [-0.15, -0.1) is 11.3 Å². The van der Waals surface area contributed by atoms with Crippen molar-refractivity contribution < 1.29 is 4.79 Å². The number of amides is 1. The molecule has 1 N–H and O–H groups in total. The summed E-state index contributed by atoms with van der Waals surface area (Å²) in [6.07, 6.45) is 5.94. The first kappa shape index (κ1) is 16.2. The number of hydrogen-bond donors (Lipinski definition) is 1. The largest absolute Gasteiger partial charge is 0.325 e. The van der Waals surface area contributed by atoms with Crippen LogP contribution in [0.3, 0.4) is 0 Å². The van der Waals surface area contributed by atoms with Gasteiger partial charge in [0.25, 0.3) is 0 Å². The van der Waals surface area contributed by atoms with Gasteiger partial charge >= 0.3 is 0 Å². The van der Waals surface area contributed by atoms with E-state index in [0.717, 1.165) is 35.5 Å². The van der Waals surface area contributed by atoms with Gasteiger partial charge in [-0.2, -0.15) is 0 Å². The monoisotopic (exact) mass is 369 g/mol. The van der Waals surface area contributed by atoms with Gasteiger partial charge < -0.3 is 5.32 Å². The van der Waals surface area contributed by atoms with Gasteiger partial charge in [-0.05, 0) is 43.5 Å². The zero-order valence-electron chi connectivity index (χ0n) is 13.4. The summed E-state index contributed by atoms with van der Waals surface area (Å²) >= 11 is 7.79. The van der Waals surface area contributed by atoms with E-state index in [2.05, 4.69) is 10.3 Å². The Kier molecular flexibility index (Phi) is 4.51. The molecule has 1 aromatic carbocycles. The Balaban J connectivity index is 1.50. The first-order valence-corrected chi connectivity index (χ1v) is 9.34. The average Bonchev–Trinajstić information content (AvgIpc) is 3.07. The number of fused-ring (bicyclic) bond motifs is 1. The van der Waals surface area contributed by atoms with E-state index in [4.69, 9.17) is 16.6 Å². The molecule has 0 radical (unpaired) electrons. The molecule has 1 unspecified atom stereocenters. The predicted octanol–water partition coefficient (Wildman–Crippen LogP) is 4.60. The third kappa shape index (κ3) is 3.43. The normalized spacial score (nSPS) is 16.3. The highest BCUT2D eigenvalue weighted by molar-refractivity contribution is 7.15. The number of carbonyl (C=O) groups is 1. The molecule has 0 fully saturated rings. The van der Waals surface area contributed by atoms with Crippen molar-refractivity contribution in [2.75, 3.05) is 5.32 Å². The first-order valence-electron chi connectivity index (χ1n) is 8.15. The fourth-order valence-corrected chi connectivity index (χ4v) is 4.37. The molecule has 1 aliphatic carbocycles. The fraction of sp³-hybridized carbons (Fsp3) is 0.211. The van der Waals surface area contributed by atoms with Crippen molar-refractivity contribution in [3.05, 3.63) is 64.4 Å². The number of halogens is 1. The molecule has 4 nitrogen and oxygen atoms in total. The summed E-state index contributed by atoms with van der Waals surface area (Å²) in [6.45, 7) is 0. The van der Waals surface area contributed by atoms with Crippen LogP contribution in [0.5, 0.6) is 0 Å². The summed E-state index contributed by atoms with van der Waals surface area (Å²) in [4.78, 5) is 22.7. The van der Waals surface area contributed by atoms with Gasteiger partial charge in [-0.25, -0.2) is 4.98 Å². The van der Waals surface area contributed by atoms with Crippen molar-refractivity contribution >= 4 is 34.5 Å². The third-order valence-corrected chi connectivity index (χ3v) is 5.85. The summed E-state index contributed by atoms with van der Waals surface area (Å²) in [7, 11) is 0. The average molecular weight is 370 g/mol. The molecule has 126 valence electrons. The lowest BCUT2D eigenvalue weighted by atomic mass is 9.90. The summed E-state index contributed by atoms with van der Waals surface area (Å²) in [5.41, 5.74) is 2.81. The predicted molar refractivity (Wildman–Crippen MR) is 101 cm³/mol. The number of rotatable bonds is 3. The van der Waals surface area contributed by atoms with Crippen LogP contribution in [-0.4, -0.2) is 15.9 Å². The van der Waals surface area contributed by atoms with Crippen molar-refractivity contribution in [2.24, 2.45) is 5.92 Å². The van der Waals surface area contributed by atoms with Gasteiger partial charge in [0.2, 0.25) is 5.91 Å². The lowest BCUT2D eigenvalue weighted by molar-refractivity contribution is -0.120. The Bertz CT molecular complexity index is 910. The van der Waals surface area contributed by atoms with Crippen molar-refractivity contribution in [1.82, 2.24) is 9.97 Å². The molecule has 0 saturated carbocycles. The molecule has 1 atom stereocenters. The van der Waals surface area contributed by atoms with Gasteiger partial charge in [-0.3, -0.25) is 9.78 Å². The SMILES string of the molecule is O=C(Nc1ccccc1Cl)C1CCc2nc(-c3cccnc3)sc2C1. The Hall–Kier alpha value is -2.24. The molecular formula is C19H16ClN3OS. The molecule has 25 heavy (non-hydrogen) atoms. The van der Waals surface area contributed by atoms with Gasteiger partial charge in [0.05, 0.1) is 16.4 Å². The minimum absolute atomic E-state index is 0.0232. The van der Waals surface area contributed by atoms with Gasteiger partial charge in [-0.1, -0.05) is 23.7 Å². The van der Waals surface area contributed by atoms with E-state index in [9.17, 15) is 4.79 Å². The van der Waals surface area contributed by atoms with Crippen LogP contribution < -0.4 is 5.32 Å². The highest BCUT2D eigenvalue weighted by atomic mass is 35.5. The van der Waals surface area contributed by atoms with E-state index in [1.54, 1.807) is 23.6 Å². The van der Waals surface area contributed by atoms with E-state index in [1.807, 2.05) is 36.5 Å². The molecule has 3 aromatic rings. The Labute approximate surface area is 154 Å². The zero-order chi connectivity index (χ0) is 17.2. The molecule has 4 rings (SSSR count). The van der Waals surface area contributed by atoms with Crippen molar-refractivity contribution in [3.63, 3.8) is 0 Å². The van der Waals surface area contributed by atoms with Crippen LogP contribution in [0.1, 0.15) is 17.0 Å². The van der Waals surface area contributed by atoms with Crippen molar-refractivity contribution in [3.8, 4) is 10.6 Å². The van der Waals surface area contributed by atoms with Gasteiger partial charge in [0.1, 0.15) is 5.01 Å². The molecule has 0 spiro atoms. The third-order valence-electron chi connectivity index (χ3n) is 4.35.